The maximum absolute atomic E-state index is 4.23. The quantitative estimate of drug-likeness (QED) is 0.545. The summed E-state index contributed by atoms with van der Waals surface area (Å²) in [5.74, 6) is 0. The number of unbranched alkanes of at least 4 members (excludes halogenated alkanes) is 5. The molecule has 1 aromatic rings. The number of hydrogen-bond donors (Lipinski definition) is 1. The monoisotopic (exact) mass is 294 g/mol. The predicted octanol–water partition coefficient (Wildman–Crippen LogP) is 4.48. The van der Waals surface area contributed by atoms with E-state index in [4.69, 9.17) is 0 Å². The lowest BCUT2D eigenvalue weighted by Crippen LogP contribution is -2.25. The Labute approximate surface area is 130 Å². The molecule has 1 unspecified atom stereocenters. The average Bonchev–Trinajstić information content (AvgIpc) is 2.94. The topological polar surface area (TPSA) is 42.7 Å². The summed E-state index contributed by atoms with van der Waals surface area (Å²) in [7, 11) is 0. The highest BCUT2D eigenvalue weighted by Gasteiger charge is 2.15. The second-order valence-corrected chi connectivity index (χ2v) is 5.95. The van der Waals surface area contributed by atoms with E-state index in [-0.39, 0.29) is 0 Å². The number of aromatic nitrogens is 3. The van der Waals surface area contributed by atoms with Gasteiger partial charge in [0, 0.05) is 6.54 Å². The Morgan fingerprint density at radius 1 is 1.00 bits per heavy atom. The van der Waals surface area contributed by atoms with Gasteiger partial charge >= 0.3 is 0 Å². The zero-order valence-corrected chi connectivity index (χ0v) is 14.3. The van der Waals surface area contributed by atoms with Crippen molar-refractivity contribution in [2.75, 3.05) is 6.54 Å². The molecule has 0 aliphatic carbocycles. The Balaban J connectivity index is 2.45. The highest BCUT2D eigenvalue weighted by Crippen LogP contribution is 2.20. The van der Waals surface area contributed by atoms with E-state index in [1.165, 1.54) is 57.1 Å². The standard InChI is InChI=1S/C17H34N4/c1-4-7-8-9-10-11-12-16(18-13-5-2)17-15-19-20-21(17)14-6-3/h15-16,18H,4-14H2,1-3H3. The van der Waals surface area contributed by atoms with Crippen molar-refractivity contribution >= 4 is 0 Å². The lowest BCUT2D eigenvalue weighted by Gasteiger charge is -2.19. The van der Waals surface area contributed by atoms with Crippen molar-refractivity contribution < 1.29 is 0 Å². The molecule has 0 aliphatic rings. The van der Waals surface area contributed by atoms with Gasteiger partial charge in [-0.3, -0.25) is 0 Å². The molecule has 0 saturated carbocycles. The molecular formula is C17H34N4. The molecule has 0 saturated heterocycles. The van der Waals surface area contributed by atoms with Gasteiger partial charge in [0.15, 0.2) is 0 Å². The van der Waals surface area contributed by atoms with Crippen molar-refractivity contribution in [3.05, 3.63) is 11.9 Å². The van der Waals surface area contributed by atoms with Gasteiger partial charge in [-0.15, -0.1) is 5.10 Å². The van der Waals surface area contributed by atoms with Gasteiger partial charge in [0.05, 0.1) is 17.9 Å². The SMILES string of the molecule is CCCCCCCCC(NCCC)c1cnnn1CCC. The number of hydrogen-bond acceptors (Lipinski definition) is 3. The molecule has 21 heavy (non-hydrogen) atoms. The molecule has 0 amide bonds. The van der Waals surface area contributed by atoms with E-state index in [9.17, 15) is 0 Å². The summed E-state index contributed by atoms with van der Waals surface area (Å²) >= 11 is 0. The predicted molar refractivity (Wildman–Crippen MR) is 89.3 cm³/mol. The molecule has 122 valence electrons. The maximum Gasteiger partial charge on any atom is 0.0756 e. The van der Waals surface area contributed by atoms with E-state index in [0.717, 1.165) is 19.5 Å². The summed E-state index contributed by atoms with van der Waals surface area (Å²) < 4.78 is 2.07. The third kappa shape index (κ3) is 7.07. The maximum atomic E-state index is 4.23. The van der Waals surface area contributed by atoms with Crippen molar-refractivity contribution in [3.8, 4) is 0 Å². The number of nitrogens with zero attached hydrogens (tertiary/aromatic N) is 3. The van der Waals surface area contributed by atoms with Crippen molar-refractivity contribution in [2.24, 2.45) is 0 Å². The van der Waals surface area contributed by atoms with Gasteiger partial charge in [0.25, 0.3) is 0 Å². The van der Waals surface area contributed by atoms with Crippen LogP contribution in [0.2, 0.25) is 0 Å². The normalized spacial score (nSPS) is 12.7. The zero-order valence-electron chi connectivity index (χ0n) is 14.3. The molecule has 4 nitrogen and oxygen atoms in total. The molecule has 1 rings (SSSR count). The van der Waals surface area contributed by atoms with E-state index >= 15 is 0 Å². The zero-order chi connectivity index (χ0) is 15.3. The van der Waals surface area contributed by atoms with Crippen LogP contribution in [0.15, 0.2) is 6.20 Å². The first-order valence-corrected chi connectivity index (χ1v) is 8.95. The van der Waals surface area contributed by atoms with Gasteiger partial charge in [-0.2, -0.15) is 0 Å². The Morgan fingerprint density at radius 2 is 1.76 bits per heavy atom. The smallest absolute Gasteiger partial charge is 0.0756 e. The fourth-order valence-electron chi connectivity index (χ4n) is 2.72. The minimum atomic E-state index is 0.415. The van der Waals surface area contributed by atoms with Crippen LogP contribution in [-0.4, -0.2) is 21.5 Å². The first kappa shape index (κ1) is 18.1. The third-order valence-corrected chi connectivity index (χ3v) is 3.93. The van der Waals surface area contributed by atoms with Crippen molar-refractivity contribution in [1.29, 1.82) is 0 Å². The van der Waals surface area contributed by atoms with Crippen LogP contribution in [0.4, 0.5) is 0 Å². The molecule has 1 heterocycles. The molecule has 1 aromatic heterocycles. The van der Waals surface area contributed by atoms with Crippen LogP contribution in [0, 0.1) is 0 Å². The first-order chi connectivity index (χ1) is 10.3. The third-order valence-electron chi connectivity index (χ3n) is 3.93. The Bertz CT molecular complexity index is 348. The summed E-state index contributed by atoms with van der Waals surface area (Å²) in [4.78, 5) is 0. The molecule has 0 fully saturated rings. The highest BCUT2D eigenvalue weighted by atomic mass is 15.4. The molecule has 4 heteroatoms. The largest absolute Gasteiger partial charge is 0.309 e. The molecule has 0 bridgehead atoms. The molecule has 0 aromatic carbocycles. The van der Waals surface area contributed by atoms with E-state index < -0.39 is 0 Å². The average molecular weight is 294 g/mol. The molecular weight excluding hydrogens is 260 g/mol. The molecule has 0 spiro atoms. The van der Waals surface area contributed by atoms with Crippen LogP contribution in [0.3, 0.4) is 0 Å². The lowest BCUT2D eigenvalue weighted by atomic mass is 10.0. The van der Waals surface area contributed by atoms with Crippen molar-refractivity contribution in [3.63, 3.8) is 0 Å². The Hall–Kier alpha value is -0.900. The summed E-state index contributed by atoms with van der Waals surface area (Å²) in [5.41, 5.74) is 1.26. The minimum Gasteiger partial charge on any atom is -0.309 e. The summed E-state index contributed by atoms with van der Waals surface area (Å²) in [6.07, 6.45) is 13.5. The molecule has 0 radical (unpaired) electrons. The summed E-state index contributed by atoms with van der Waals surface area (Å²) in [6.45, 7) is 8.71. The van der Waals surface area contributed by atoms with Gasteiger partial charge in [-0.1, -0.05) is 64.5 Å². The van der Waals surface area contributed by atoms with E-state index in [0.29, 0.717) is 6.04 Å². The van der Waals surface area contributed by atoms with Crippen molar-refractivity contribution in [1.82, 2.24) is 20.3 Å². The van der Waals surface area contributed by atoms with Crippen LogP contribution in [0.1, 0.15) is 90.3 Å². The molecule has 1 atom stereocenters. The Kier molecular flexibility index (Phi) is 10.1. The van der Waals surface area contributed by atoms with Gasteiger partial charge in [0.1, 0.15) is 0 Å². The number of rotatable bonds is 13. The van der Waals surface area contributed by atoms with Gasteiger partial charge < -0.3 is 5.32 Å². The number of nitrogens with one attached hydrogen (secondary N) is 1. The molecule has 1 N–H and O–H groups in total. The Morgan fingerprint density at radius 3 is 2.48 bits per heavy atom. The van der Waals surface area contributed by atoms with E-state index in [1.807, 2.05) is 6.20 Å². The van der Waals surface area contributed by atoms with Gasteiger partial charge in [-0.25, -0.2) is 4.68 Å². The van der Waals surface area contributed by atoms with Crippen molar-refractivity contribution in [2.45, 2.75) is 91.1 Å². The van der Waals surface area contributed by atoms with Crippen LogP contribution < -0.4 is 5.32 Å². The van der Waals surface area contributed by atoms with Gasteiger partial charge in [-0.05, 0) is 25.8 Å². The second-order valence-electron chi connectivity index (χ2n) is 5.95. The fraction of sp³-hybridized carbons (Fsp3) is 0.882. The van der Waals surface area contributed by atoms with E-state index in [1.54, 1.807) is 0 Å². The van der Waals surface area contributed by atoms with Crippen LogP contribution in [0.25, 0.3) is 0 Å². The van der Waals surface area contributed by atoms with Crippen LogP contribution >= 0.6 is 0 Å². The van der Waals surface area contributed by atoms with Crippen LogP contribution in [0.5, 0.6) is 0 Å². The summed E-state index contributed by atoms with van der Waals surface area (Å²) in [5, 5.41) is 12.0. The highest BCUT2D eigenvalue weighted by molar-refractivity contribution is 5.02. The first-order valence-electron chi connectivity index (χ1n) is 8.95. The lowest BCUT2D eigenvalue weighted by molar-refractivity contribution is 0.428. The van der Waals surface area contributed by atoms with Crippen LogP contribution in [-0.2, 0) is 6.54 Å². The minimum absolute atomic E-state index is 0.415. The van der Waals surface area contributed by atoms with E-state index in [2.05, 4.69) is 41.1 Å². The second kappa shape index (κ2) is 11.7. The number of aryl methyl sites for hydroxylation is 1. The fourth-order valence-corrected chi connectivity index (χ4v) is 2.72. The summed E-state index contributed by atoms with van der Waals surface area (Å²) in [6, 6.07) is 0.415. The molecule has 0 aliphatic heterocycles. The van der Waals surface area contributed by atoms with Gasteiger partial charge in [0.2, 0.25) is 0 Å².